The van der Waals surface area contributed by atoms with Gasteiger partial charge in [0.05, 0.1) is 17.0 Å². The number of hydrogen-bond donors (Lipinski definition) is 0. The van der Waals surface area contributed by atoms with Crippen LogP contribution >= 0.6 is 0 Å². The van der Waals surface area contributed by atoms with E-state index in [9.17, 15) is 28.1 Å². The van der Waals surface area contributed by atoms with Crippen LogP contribution in [0.3, 0.4) is 0 Å². The molecule has 1 aromatic carbocycles. The molecule has 8 nitrogen and oxygen atoms in total. The molecule has 31 heavy (non-hydrogen) atoms. The van der Waals surface area contributed by atoms with Crippen molar-refractivity contribution < 1.29 is 22.9 Å². The minimum atomic E-state index is -4.42. The molecule has 0 bridgehead atoms. The summed E-state index contributed by atoms with van der Waals surface area (Å²) >= 11 is 0. The van der Waals surface area contributed by atoms with E-state index in [4.69, 9.17) is 0 Å². The first-order valence-electron chi connectivity index (χ1n) is 9.67. The van der Waals surface area contributed by atoms with E-state index in [1.54, 1.807) is 7.05 Å². The zero-order valence-corrected chi connectivity index (χ0v) is 16.9. The molecule has 1 fully saturated rings. The first kappa shape index (κ1) is 22.5. The van der Waals surface area contributed by atoms with Gasteiger partial charge in [0.1, 0.15) is 5.82 Å². The minimum Gasteiger partial charge on any atom is -0.355 e. The van der Waals surface area contributed by atoms with Gasteiger partial charge < -0.3 is 9.80 Å². The van der Waals surface area contributed by atoms with Crippen LogP contribution in [0.15, 0.2) is 42.6 Å². The summed E-state index contributed by atoms with van der Waals surface area (Å²) in [4.78, 5) is 32.2. The average molecular weight is 437 g/mol. The van der Waals surface area contributed by atoms with Gasteiger partial charge in [-0.3, -0.25) is 19.8 Å². The highest BCUT2D eigenvalue weighted by atomic mass is 19.4. The summed E-state index contributed by atoms with van der Waals surface area (Å²) in [7, 11) is 1.61. The Balaban J connectivity index is 1.56. The number of nitro groups is 1. The Morgan fingerprint density at radius 2 is 1.84 bits per heavy atom. The highest BCUT2D eigenvalue weighted by Gasteiger charge is 2.31. The third kappa shape index (κ3) is 5.69. The summed E-state index contributed by atoms with van der Waals surface area (Å²) < 4.78 is 38.1. The molecule has 0 spiro atoms. The fourth-order valence-electron chi connectivity index (χ4n) is 3.34. The Morgan fingerprint density at radius 1 is 1.13 bits per heavy atom. The van der Waals surface area contributed by atoms with E-state index in [1.165, 1.54) is 35.2 Å². The van der Waals surface area contributed by atoms with Gasteiger partial charge in [-0.15, -0.1) is 0 Å². The lowest BCUT2D eigenvalue weighted by atomic mass is 10.2. The van der Waals surface area contributed by atoms with E-state index in [2.05, 4.69) is 4.98 Å². The minimum absolute atomic E-state index is 0.0471. The van der Waals surface area contributed by atoms with Crippen LogP contribution in [0.5, 0.6) is 0 Å². The van der Waals surface area contributed by atoms with Crippen molar-refractivity contribution in [2.45, 2.75) is 12.6 Å². The smallest absolute Gasteiger partial charge is 0.355 e. The summed E-state index contributed by atoms with van der Waals surface area (Å²) in [5, 5.41) is 10.8. The number of halogens is 3. The second-order valence-corrected chi connectivity index (χ2v) is 7.25. The number of non-ortho nitro benzene ring substituents is 1. The molecular formula is C20H22F3N5O3. The van der Waals surface area contributed by atoms with Crippen molar-refractivity contribution in [3.05, 3.63) is 58.3 Å². The second kappa shape index (κ2) is 9.29. The lowest BCUT2D eigenvalue weighted by molar-refractivity contribution is -0.384. The number of alkyl halides is 3. The molecule has 166 valence electrons. The lowest BCUT2D eigenvalue weighted by Crippen LogP contribution is -2.40. The van der Waals surface area contributed by atoms with Gasteiger partial charge in [0.2, 0.25) is 5.91 Å². The number of hydrogen-bond acceptors (Lipinski definition) is 6. The monoisotopic (exact) mass is 437 g/mol. The molecule has 2 heterocycles. The van der Waals surface area contributed by atoms with Crippen molar-refractivity contribution in [1.29, 1.82) is 0 Å². The van der Waals surface area contributed by atoms with Gasteiger partial charge >= 0.3 is 6.18 Å². The topological polar surface area (TPSA) is 82.8 Å². The number of carbonyl (C=O) groups is 1. The molecule has 3 rings (SSSR count). The fraction of sp³-hybridized carbons (Fsp3) is 0.400. The number of amides is 1. The molecule has 0 aliphatic carbocycles. The molecule has 1 saturated heterocycles. The van der Waals surface area contributed by atoms with E-state index < -0.39 is 16.7 Å². The number of anilines is 2. The van der Waals surface area contributed by atoms with Gasteiger partial charge in [-0.1, -0.05) is 0 Å². The fourth-order valence-corrected chi connectivity index (χ4v) is 3.34. The number of pyridine rings is 1. The second-order valence-electron chi connectivity index (χ2n) is 7.25. The third-order valence-corrected chi connectivity index (χ3v) is 5.17. The molecule has 0 atom stereocenters. The molecule has 1 aliphatic heterocycles. The van der Waals surface area contributed by atoms with Gasteiger partial charge in [0.15, 0.2) is 0 Å². The molecule has 2 aromatic rings. The van der Waals surface area contributed by atoms with Crippen LogP contribution in [0.4, 0.5) is 30.4 Å². The van der Waals surface area contributed by atoms with E-state index in [-0.39, 0.29) is 18.1 Å². The molecular weight excluding hydrogens is 415 g/mol. The quantitative estimate of drug-likeness (QED) is 0.528. The molecule has 11 heteroatoms. The van der Waals surface area contributed by atoms with E-state index in [0.717, 1.165) is 18.7 Å². The van der Waals surface area contributed by atoms with Crippen molar-refractivity contribution in [3.8, 4) is 0 Å². The number of nitrogens with zero attached hydrogens (tertiary/aromatic N) is 5. The zero-order valence-electron chi connectivity index (χ0n) is 16.9. The van der Waals surface area contributed by atoms with Crippen molar-refractivity contribution >= 4 is 23.1 Å². The van der Waals surface area contributed by atoms with Crippen molar-refractivity contribution in [1.82, 2.24) is 9.88 Å². The van der Waals surface area contributed by atoms with Crippen LogP contribution in [-0.2, 0) is 11.0 Å². The number of benzene rings is 1. The van der Waals surface area contributed by atoms with Crippen molar-refractivity contribution in [2.24, 2.45) is 0 Å². The Kier molecular flexibility index (Phi) is 6.74. The first-order valence-corrected chi connectivity index (χ1v) is 9.67. The predicted octanol–water partition coefficient (Wildman–Crippen LogP) is 3.18. The third-order valence-electron chi connectivity index (χ3n) is 5.17. The van der Waals surface area contributed by atoms with Gasteiger partial charge in [-0.05, 0) is 30.7 Å². The van der Waals surface area contributed by atoms with E-state index in [0.29, 0.717) is 37.7 Å². The van der Waals surface area contributed by atoms with E-state index >= 15 is 0 Å². The molecule has 1 amide bonds. The number of carbonyl (C=O) groups excluding carboxylic acids is 1. The Bertz CT molecular complexity index is 919. The summed E-state index contributed by atoms with van der Waals surface area (Å²) in [6.07, 6.45) is -2.85. The standard InChI is InChI=1S/C20H22F3N5O3/c1-25(16-4-6-17(7-5-16)28(30)31)19(29)14-26-9-2-10-27(12-11-26)18-8-3-15(13-24-18)20(21,22)23/h3-8,13H,2,9-12,14H2,1H3. The average Bonchev–Trinajstić information content (AvgIpc) is 2.98. The lowest BCUT2D eigenvalue weighted by Gasteiger charge is -2.24. The zero-order chi connectivity index (χ0) is 22.6. The van der Waals surface area contributed by atoms with Gasteiger partial charge in [-0.25, -0.2) is 4.98 Å². The van der Waals surface area contributed by atoms with Gasteiger partial charge in [0.25, 0.3) is 5.69 Å². The normalized spacial score (nSPS) is 15.4. The van der Waals surface area contributed by atoms with E-state index in [1.807, 2.05) is 9.80 Å². The van der Waals surface area contributed by atoms with Crippen molar-refractivity contribution in [2.75, 3.05) is 49.6 Å². The maximum atomic E-state index is 12.7. The Labute approximate surface area is 177 Å². The SMILES string of the molecule is CN(C(=O)CN1CCCN(c2ccc(C(F)(F)F)cn2)CC1)c1ccc([N+](=O)[O-])cc1. The molecule has 1 aromatic heterocycles. The van der Waals surface area contributed by atoms with Gasteiger partial charge in [-0.2, -0.15) is 13.2 Å². The molecule has 0 N–H and O–H groups in total. The number of aromatic nitrogens is 1. The summed E-state index contributed by atoms with van der Waals surface area (Å²) in [5.74, 6) is 0.319. The summed E-state index contributed by atoms with van der Waals surface area (Å²) in [5.41, 5.74) is -0.275. The van der Waals surface area contributed by atoms with Crippen LogP contribution in [0.1, 0.15) is 12.0 Å². The molecule has 0 radical (unpaired) electrons. The number of nitro benzene ring substituents is 1. The van der Waals surface area contributed by atoms with Crippen LogP contribution in [0.2, 0.25) is 0 Å². The van der Waals surface area contributed by atoms with Crippen LogP contribution < -0.4 is 9.80 Å². The molecule has 1 aliphatic rings. The molecule has 0 saturated carbocycles. The molecule has 0 unspecified atom stereocenters. The van der Waals surface area contributed by atoms with Crippen LogP contribution in [0, 0.1) is 10.1 Å². The Morgan fingerprint density at radius 3 is 2.42 bits per heavy atom. The van der Waals surface area contributed by atoms with Crippen LogP contribution in [-0.4, -0.2) is 60.5 Å². The largest absolute Gasteiger partial charge is 0.417 e. The number of rotatable bonds is 5. The predicted molar refractivity (Wildman–Crippen MR) is 109 cm³/mol. The first-order chi connectivity index (χ1) is 14.6. The van der Waals surface area contributed by atoms with Crippen LogP contribution in [0.25, 0.3) is 0 Å². The number of likely N-dealkylation sites (N-methyl/N-ethyl adjacent to an activating group) is 1. The summed E-state index contributed by atoms with van der Waals surface area (Å²) in [6.45, 7) is 2.55. The highest BCUT2D eigenvalue weighted by molar-refractivity contribution is 5.94. The maximum absolute atomic E-state index is 12.7. The van der Waals surface area contributed by atoms with Gasteiger partial charge in [0, 0.05) is 57.2 Å². The van der Waals surface area contributed by atoms with Crippen molar-refractivity contribution in [3.63, 3.8) is 0 Å². The highest BCUT2D eigenvalue weighted by Crippen LogP contribution is 2.29. The summed E-state index contributed by atoms with van der Waals surface area (Å²) in [6, 6.07) is 8.13. The Hall–Kier alpha value is -3.21. The maximum Gasteiger partial charge on any atom is 0.417 e.